The number of anilines is 1. The molecule has 0 radical (unpaired) electrons. The standard InChI is InChI=1S/C17H17N5O3/c1-11-7-8-12(9-14(11)22-10-18-20-21-22)19-17(23)13-5-4-6-15(24-2)16(13)25-3/h4-10H,1-3H3,(H,19,23). The van der Waals surface area contributed by atoms with E-state index < -0.39 is 0 Å². The van der Waals surface area contributed by atoms with Gasteiger partial charge in [0.25, 0.3) is 5.91 Å². The van der Waals surface area contributed by atoms with Gasteiger partial charge in [-0.1, -0.05) is 12.1 Å². The number of hydrogen-bond acceptors (Lipinski definition) is 6. The second kappa shape index (κ2) is 7.00. The van der Waals surface area contributed by atoms with E-state index in [1.54, 1.807) is 24.3 Å². The topological polar surface area (TPSA) is 91.2 Å². The summed E-state index contributed by atoms with van der Waals surface area (Å²) in [7, 11) is 3.02. The minimum absolute atomic E-state index is 0.303. The maximum Gasteiger partial charge on any atom is 0.259 e. The van der Waals surface area contributed by atoms with Crippen LogP contribution in [0.2, 0.25) is 0 Å². The molecule has 2 aromatic carbocycles. The zero-order chi connectivity index (χ0) is 17.8. The van der Waals surface area contributed by atoms with Gasteiger partial charge in [0.1, 0.15) is 6.33 Å². The van der Waals surface area contributed by atoms with Crippen molar-refractivity contribution in [2.45, 2.75) is 6.92 Å². The third-order valence-corrected chi connectivity index (χ3v) is 3.71. The van der Waals surface area contributed by atoms with Crippen molar-refractivity contribution in [2.24, 2.45) is 0 Å². The number of aromatic nitrogens is 4. The van der Waals surface area contributed by atoms with Crippen molar-refractivity contribution >= 4 is 11.6 Å². The number of amides is 1. The van der Waals surface area contributed by atoms with Gasteiger partial charge in [-0.3, -0.25) is 4.79 Å². The van der Waals surface area contributed by atoms with E-state index in [-0.39, 0.29) is 5.91 Å². The summed E-state index contributed by atoms with van der Waals surface area (Å²) in [6.07, 6.45) is 1.50. The van der Waals surface area contributed by atoms with E-state index in [1.165, 1.54) is 25.2 Å². The number of methoxy groups -OCH3 is 2. The highest BCUT2D eigenvalue weighted by Gasteiger charge is 2.17. The smallest absolute Gasteiger partial charge is 0.259 e. The Kier molecular flexibility index (Phi) is 4.60. The monoisotopic (exact) mass is 339 g/mol. The second-order valence-corrected chi connectivity index (χ2v) is 5.25. The summed E-state index contributed by atoms with van der Waals surface area (Å²) in [6.45, 7) is 1.94. The third kappa shape index (κ3) is 3.27. The first-order chi connectivity index (χ1) is 12.1. The van der Waals surface area contributed by atoms with Crippen molar-refractivity contribution in [2.75, 3.05) is 19.5 Å². The largest absolute Gasteiger partial charge is 0.493 e. The van der Waals surface area contributed by atoms with Crippen molar-refractivity contribution in [1.82, 2.24) is 20.2 Å². The van der Waals surface area contributed by atoms with E-state index in [0.717, 1.165) is 11.3 Å². The van der Waals surface area contributed by atoms with Crippen LogP contribution < -0.4 is 14.8 Å². The fourth-order valence-corrected chi connectivity index (χ4v) is 2.47. The molecule has 1 aromatic heterocycles. The van der Waals surface area contributed by atoms with Gasteiger partial charge in [0.15, 0.2) is 11.5 Å². The number of rotatable bonds is 5. The maximum atomic E-state index is 12.7. The minimum atomic E-state index is -0.303. The van der Waals surface area contributed by atoms with Crippen molar-refractivity contribution in [1.29, 1.82) is 0 Å². The lowest BCUT2D eigenvalue weighted by atomic mass is 10.1. The summed E-state index contributed by atoms with van der Waals surface area (Å²) in [5.74, 6) is 0.575. The van der Waals surface area contributed by atoms with E-state index in [0.29, 0.717) is 22.7 Å². The molecule has 3 aromatic rings. The fraction of sp³-hybridized carbons (Fsp3) is 0.176. The predicted molar refractivity (Wildman–Crippen MR) is 91.4 cm³/mol. The molecule has 1 heterocycles. The van der Waals surface area contributed by atoms with Gasteiger partial charge in [0, 0.05) is 5.69 Å². The van der Waals surface area contributed by atoms with E-state index in [2.05, 4.69) is 20.8 Å². The first-order valence-corrected chi connectivity index (χ1v) is 7.50. The Labute approximate surface area is 144 Å². The fourth-order valence-electron chi connectivity index (χ4n) is 2.47. The van der Waals surface area contributed by atoms with Crippen LogP contribution in [0.5, 0.6) is 11.5 Å². The molecule has 128 valence electrons. The minimum Gasteiger partial charge on any atom is -0.493 e. The van der Waals surface area contributed by atoms with Gasteiger partial charge >= 0.3 is 0 Å². The maximum absolute atomic E-state index is 12.7. The number of ether oxygens (including phenoxy) is 2. The zero-order valence-electron chi connectivity index (χ0n) is 14.1. The van der Waals surface area contributed by atoms with Crippen LogP contribution in [0.15, 0.2) is 42.7 Å². The Morgan fingerprint density at radius 2 is 2.00 bits per heavy atom. The highest BCUT2D eigenvalue weighted by atomic mass is 16.5. The molecule has 8 nitrogen and oxygen atoms in total. The Bertz CT molecular complexity index is 893. The Morgan fingerprint density at radius 1 is 1.16 bits per heavy atom. The number of tetrazole rings is 1. The molecule has 0 spiro atoms. The molecular formula is C17H17N5O3. The highest BCUT2D eigenvalue weighted by Crippen LogP contribution is 2.31. The number of nitrogens with zero attached hydrogens (tertiary/aromatic N) is 4. The lowest BCUT2D eigenvalue weighted by Gasteiger charge is -2.13. The number of para-hydroxylation sites is 1. The molecule has 1 N–H and O–H groups in total. The first kappa shape index (κ1) is 16.4. The normalized spacial score (nSPS) is 10.4. The van der Waals surface area contributed by atoms with E-state index in [9.17, 15) is 4.79 Å². The summed E-state index contributed by atoms with van der Waals surface area (Å²) < 4.78 is 12.1. The van der Waals surface area contributed by atoms with Crippen LogP contribution in [0.3, 0.4) is 0 Å². The molecule has 25 heavy (non-hydrogen) atoms. The van der Waals surface area contributed by atoms with Crippen molar-refractivity contribution in [3.05, 3.63) is 53.9 Å². The Morgan fingerprint density at radius 3 is 2.68 bits per heavy atom. The molecule has 0 fully saturated rings. The van der Waals surface area contributed by atoms with Crippen LogP contribution in [0.25, 0.3) is 5.69 Å². The number of carbonyl (C=O) groups is 1. The summed E-state index contributed by atoms with van der Waals surface area (Å²) >= 11 is 0. The molecule has 0 saturated heterocycles. The Hall–Kier alpha value is -3.42. The summed E-state index contributed by atoms with van der Waals surface area (Å²) in [6, 6.07) is 10.6. The van der Waals surface area contributed by atoms with Crippen LogP contribution in [0.4, 0.5) is 5.69 Å². The van der Waals surface area contributed by atoms with Crippen LogP contribution in [0.1, 0.15) is 15.9 Å². The van der Waals surface area contributed by atoms with Crippen molar-refractivity contribution in [3.63, 3.8) is 0 Å². The summed E-state index contributed by atoms with van der Waals surface area (Å²) in [5.41, 5.74) is 2.75. The molecule has 3 rings (SSSR count). The van der Waals surface area contributed by atoms with Crippen LogP contribution in [-0.4, -0.2) is 40.3 Å². The average molecular weight is 339 g/mol. The average Bonchev–Trinajstić information content (AvgIpc) is 3.16. The number of benzene rings is 2. The molecule has 0 saturated carbocycles. The summed E-state index contributed by atoms with van der Waals surface area (Å²) in [5, 5.41) is 14.0. The number of nitrogens with one attached hydrogen (secondary N) is 1. The van der Waals surface area contributed by atoms with Crippen LogP contribution >= 0.6 is 0 Å². The van der Waals surface area contributed by atoms with Gasteiger partial charge in [-0.05, 0) is 47.2 Å². The van der Waals surface area contributed by atoms with Gasteiger partial charge in [-0.25, -0.2) is 4.68 Å². The van der Waals surface area contributed by atoms with E-state index in [4.69, 9.17) is 9.47 Å². The lowest BCUT2D eigenvalue weighted by molar-refractivity contribution is 0.102. The molecule has 0 aliphatic carbocycles. The van der Waals surface area contributed by atoms with Crippen LogP contribution in [0, 0.1) is 6.92 Å². The predicted octanol–water partition coefficient (Wildman–Crippen LogP) is 2.24. The molecule has 0 aliphatic heterocycles. The molecule has 0 unspecified atom stereocenters. The van der Waals surface area contributed by atoms with Gasteiger partial charge in [0.05, 0.1) is 25.5 Å². The second-order valence-electron chi connectivity index (χ2n) is 5.25. The van der Waals surface area contributed by atoms with Gasteiger partial charge in [0.2, 0.25) is 0 Å². The molecule has 8 heteroatoms. The molecule has 0 aliphatic rings. The third-order valence-electron chi connectivity index (χ3n) is 3.71. The lowest BCUT2D eigenvalue weighted by Crippen LogP contribution is -2.14. The highest BCUT2D eigenvalue weighted by molar-refractivity contribution is 6.06. The number of hydrogen-bond donors (Lipinski definition) is 1. The van der Waals surface area contributed by atoms with E-state index >= 15 is 0 Å². The first-order valence-electron chi connectivity index (χ1n) is 7.50. The van der Waals surface area contributed by atoms with Crippen molar-refractivity contribution in [3.8, 4) is 17.2 Å². The molecule has 0 bridgehead atoms. The Balaban J connectivity index is 1.91. The van der Waals surface area contributed by atoms with Gasteiger partial charge < -0.3 is 14.8 Å². The van der Waals surface area contributed by atoms with E-state index in [1.807, 2.05) is 19.1 Å². The number of carbonyl (C=O) groups excluding carboxylic acids is 1. The molecular weight excluding hydrogens is 322 g/mol. The number of aryl methyl sites for hydroxylation is 1. The summed E-state index contributed by atoms with van der Waals surface area (Å²) in [4.78, 5) is 12.7. The molecule has 0 atom stereocenters. The van der Waals surface area contributed by atoms with Gasteiger partial charge in [-0.2, -0.15) is 0 Å². The SMILES string of the molecule is COc1cccc(C(=O)Nc2ccc(C)c(-n3cnnn3)c2)c1OC. The van der Waals surface area contributed by atoms with Crippen molar-refractivity contribution < 1.29 is 14.3 Å². The molecule has 1 amide bonds. The zero-order valence-corrected chi connectivity index (χ0v) is 14.1. The quantitative estimate of drug-likeness (QED) is 0.766. The van der Waals surface area contributed by atoms with Gasteiger partial charge in [-0.15, -0.1) is 5.10 Å². The van der Waals surface area contributed by atoms with Crippen LogP contribution in [-0.2, 0) is 0 Å².